The molecule has 2 aromatic carbocycles. The minimum Gasteiger partial charge on any atom is -0.311 e. The van der Waals surface area contributed by atoms with Crippen LogP contribution >= 0.6 is 0 Å². The van der Waals surface area contributed by atoms with Crippen molar-refractivity contribution in [2.24, 2.45) is 0 Å². The molecule has 0 aliphatic carbocycles. The van der Waals surface area contributed by atoms with Crippen LogP contribution in [0.25, 0.3) is 16.8 Å². The van der Waals surface area contributed by atoms with Gasteiger partial charge in [0.2, 0.25) is 11.7 Å². The quantitative estimate of drug-likeness (QED) is 0.562. The van der Waals surface area contributed by atoms with E-state index in [0.29, 0.717) is 23.1 Å². The Morgan fingerprint density at radius 1 is 1.07 bits per heavy atom. The minimum absolute atomic E-state index is 0.102. The standard InChI is InChI=1S/C22H20N4O2/c1-12(2)13-7-9-14(10-8-13)15-11-18(27)24-20-19(15)21(28)25-22-23-16-5-3-4-6-17(16)26(20)22/h3-10,12,15H,11H2,1-2H3,(H,24,27)(H,23,25,28). The average Bonchev–Trinajstić information content (AvgIpc) is 3.05. The summed E-state index contributed by atoms with van der Waals surface area (Å²) in [5, 5.41) is 2.92. The van der Waals surface area contributed by atoms with Crippen molar-refractivity contribution in [3.8, 4) is 0 Å². The number of para-hydroxylation sites is 2. The van der Waals surface area contributed by atoms with E-state index in [2.05, 4.69) is 41.3 Å². The van der Waals surface area contributed by atoms with E-state index in [1.165, 1.54) is 5.56 Å². The van der Waals surface area contributed by atoms with E-state index in [9.17, 15) is 9.59 Å². The van der Waals surface area contributed by atoms with Crippen molar-refractivity contribution in [2.75, 3.05) is 5.32 Å². The normalized spacial score (nSPS) is 16.5. The number of aromatic amines is 1. The van der Waals surface area contributed by atoms with Crippen molar-refractivity contribution in [3.05, 3.63) is 75.6 Å². The Kier molecular flexibility index (Phi) is 3.62. The number of fused-ring (bicyclic) bond motifs is 5. The van der Waals surface area contributed by atoms with Gasteiger partial charge in [0.1, 0.15) is 5.82 Å². The van der Waals surface area contributed by atoms with Crippen LogP contribution in [0.2, 0.25) is 0 Å². The van der Waals surface area contributed by atoms with Gasteiger partial charge in [-0.25, -0.2) is 4.98 Å². The summed E-state index contributed by atoms with van der Waals surface area (Å²) < 4.78 is 1.83. The molecule has 1 aliphatic heterocycles. The number of hydrogen-bond acceptors (Lipinski definition) is 3. The first-order valence-electron chi connectivity index (χ1n) is 9.46. The Morgan fingerprint density at radius 3 is 2.57 bits per heavy atom. The van der Waals surface area contributed by atoms with Crippen molar-refractivity contribution >= 4 is 28.5 Å². The number of nitrogens with zero attached hydrogens (tertiary/aromatic N) is 2. The fourth-order valence-corrected chi connectivity index (χ4v) is 4.05. The van der Waals surface area contributed by atoms with Gasteiger partial charge in [0.05, 0.1) is 16.6 Å². The summed E-state index contributed by atoms with van der Waals surface area (Å²) in [6, 6.07) is 15.8. The molecule has 1 amide bonds. The zero-order valence-corrected chi connectivity index (χ0v) is 15.7. The number of anilines is 1. The molecule has 6 heteroatoms. The second-order valence-corrected chi connectivity index (χ2v) is 7.60. The third-order valence-electron chi connectivity index (χ3n) is 5.51. The number of carbonyl (C=O) groups is 1. The summed E-state index contributed by atoms with van der Waals surface area (Å²) in [5.74, 6) is 0.980. The molecule has 0 spiro atoms. The molecular weight excluding hydrogens is 352 g/mol. The first-order chi connectivity index (χ1) is 13.5. The smallest absolute Gasteiger partial charge is 0.258 e. The van der Waals surface area contributed by atoms with E-state index in [1.54, 1.807) is 0 Å². The van der Waals surface area contributed by atoms with Crippen molar-refractivity contribution < 1.29 is 4.79 Å². The summed E-state index contributed by atoms with van der Waals surface area (Å²) in [4.78, 5) is 32.9. The highest BCUT2D eigenvalue weighted by molar-refractivity contribution is 5.96. The third-order valence-corrected chi connectivity index (χ3v) is 5.51. The molecule has 0 radical (unpaired) electrons. The van der Waals surface area contributed by atoms with Crippen LogP contribution < -0.4 is 10.9 Å². The number of aromatic nitrogens is 3. The van der Waals surface area contributed by atoms with Crippen molar-refractivity contribution in [1.29, 1.82) is 0 Å². The first kappa shape index (κ1) is 16.7. The Balaban J connectivity index is 1.77. The highest BCUT2D eigenvalue weighted by atomic mass is 16.2. The summed E-state index contributed by atoms with van der Waals surface area (Å²) in [5.41, 5.74) is 4.18. The van der Waals surface area contributed by atoms with Gasteiger partial charge >= 0.3 is 0 Å². The topological polar surface area (TPSA) is 79.3 Å². The maximum atomic E-state index is 13.0. The number of hydrogen-bond donors (Lipinski definition) is 2. The lowest BCUT2D eigenvalue weighted by molar-refractivity contribution is -0.116. The van der Waals surface area contributed by atoms with E-state index in [1.807, 2.05) is 40.8 Å². The van der Waals surface area contributed by atoms with Crippen LogP contribution in [0.1, 0.15) is 48.8 Å². The van der Waals surface area contributed by atoms with E-state index in [-0.39, 0.29) is 23.8 Å². The van der Waals surface area contributed by atoms with Crippen LogP contribution in [0.4, 0.5) is 5.82 Å². The van der Waals surface area contributed by atoms with Gasteiger partial charge in [-0.3, -0.25) is 19.0 Å². The number of H-pyrrole nitrogens is 1. The zero-order chi connectivity index (χ0) is 19.4. The molecule has 2 N–H and O–H groups in total. The molecule has 140 valence electrons. The predicted molar refractivity (Wildman–Crippen MR) is 109 cm³/mol. The number of carbonyl (C=O) groups excluding carboxylic acids is 1. The number of amides is 1. The Hall–Kier alpha value is -3.41. The average molecular weight is 372 g/mol. The van der Waals surface area contributed by atoms with Gasteiger partial charge in [-0.1, -0.05) is 50.2 Å². The maximum Gasteiger partial charge on any atom is 0.258 e. The van der Waals surface area contributed by atoms with Crippen molar-refractivity contribution in [2.45, 2.75) is 32.1 Å². The van der Waals surface area contributed by atoms with E-state index < -0.39 is 0 Å². The van der Waals surface area contributed by atoms with Crippen molar-refractivity contribution in [3.63, 3.8) is 0 Å². The van der Waals surface area contributed by atoms with Crippen LogP contribution in [0.3, 0.4) is 0 Å². The van der Waals surface area contributed by atoms with Crippen LogP contribution in [-0.2, 0) is 4.79 Å². The van der Waals surface area contributed by atoms with Gasteiger partial charge in [0.15, 0.2) is 0 Å². The van der Waals surface area contributed by atoms with Gasteiger partial charge in [0, 0.05) is 12.3 Å². The predicted octanol–water partition coefficient (Wildman–Crippen LogP) is 3.77. The molecule has 28 heavy (non-hydrogen) atoms. The maximum absolute atomic E-state index is 13.0. The van der Waals surface area contributed by atoms with Crippen LogP contribution in [0.5, 0.6) is 0 Å². The van der Waals surface area contributed by atoms with Crippen LogP contribution in [-0.4, -0.2) is 20.3 Å². The summed E-state index contributed by atoms with van der Waals surface area (Å²) in [7, 11) is 0. The van der Waals surface area contributed by atoms with E-state index >= 15 is 0 Å². The molecule has 2 aromatic heterocycles. The highest BCUT2D eigenvalue weighted by Gasteiger charge is 2.32. The largest absolute Gasteiger partial charge is 0.311 e. The monoisotopic (exact) mass is 372 g/mol. The molecule has 1 unspecified atom stereocenters. The number of rotatable bonds is 2. The lowest BCUT2D eigenvalue weighted by Gasteiger charge is -2.26. The molecule has 3 heterocycles. The SMILES string of the molecule is CC(C)c1ccc(C2CC(=O)Nc3c2c(=O)[nH]c2nc4ccccc4n32)cc1. The highest BCUT2D eigenvalue weighted by Crippen LogP contribution is 2.36. The molecule has 0 bridgehead atoms. The fourth-order valence-electron chi connectivity index (χ4n) is 4.05. The Bertz CT molecular complexity index is 1280. The van der Waals surface area contributed by atoms with E-state index in [4.69, 9.17) is 0 Å². The molecule has 0 saturated carbocycles. The number of nitrogens with one attached hydrogen (secondary N) is 2. The second-order valence-electron chi connectivity index (χ2n) is 7.60. The molecule has 5 rings (SSSR count). The molecular formula is C22H20N4O2. The van der Waals surface area contributed by atoms with Gasteiger partial charge in [-0.05, 0) is 29.2 Å². The lowest BCUT2D eigenvalue weighted by Crippen LogP contribution is -2.32. The fraction of sp³-hybridized carbons (Fsp3) is 0.227. The van der Waals surface area contributed by atoms with Crippen molar-refractivity contribution in [1.82, 2.24) is 14.4 Å². The molecule has 4 aromatic rings. The second kappa shape index (κ2) is 6.05. The minimum atomic E-state index is -0.292. The lowest BCUT2D eigenvalue weighted by atomic mass is 9.86. The Morgan fingerprint density at radius 2 is 1.82 bits per heavy atom. The van der Waals surface area contributed by atoms with E-state index in [0.717, 1.165) is 16.6 Å². The summed E-state index contributed by atoms with van der Waals surface area (Å²) >= 11 is 0. The molecule has 1 aliphatic rings. The van der Waals surface area contributed by atoms with Gasteiger partial charge in [-0.2, -0.15) is 0 Å². The molecule has 1 atom stereocenters. The zero-order valence-electron chi connectivity index (χ0n) is 15.7. The van der Waals surface area contributed by atoms with Crippen LogP contribution in [0.15, 0.2) is 53.3 Å². The summed E-state index contributed by atoms with van der Waals surface area (Å²) in [6.45, 7) is 4.29. The van der Waals surface area contributed by atoms with Gasteiger partial charge in [-0.15, -0.1) is 0 Å². The number of imidazole rings is 1. The van der Waals surface area contributed by atoms with Gasteiger partial charge in [0.25, 0.3) is 5.56 Å². The summed E-state index contributed by atoms with van der Waals surface area (Å²) in [6.07, 6.45) is 0.245. The van der Waals surface area contributed by atoms with Gasteiger partial charge < -0.3 is 5.32 Å². The molecule has 0 saturated heterocycles. The Labute approximate surface area is 161 Å². The molecule has 0 fully saturated rings. The third kappa shape index (κ3) is 2.45. The van der Waals surface area contributed by atoms with Crippen LogP contribution in [0, 0.1) is 0 Å². The number of benzene rings is 2. The molecule has 6 nitrogen and oxygen atoms in total. The first-order valence-corrected chi connectivity index (χ1v) is 9.46.